The van der Waals surface area contributed by atoms with E-state index in [1.165, 1.54) is 4.90 Å². The van der Waals surface area contributed by atoms with Crippen LogP contribution in [0.1, 0.15) is 0 Å². The highest BCUT2D eigenvalue weighted by Crippen LogP contribution is 1.77. The molecule has 0 spiro atoms. The van der Waals surface area contributed by atoms with E-state index in [1.807, 2.05) is 0 Å². The standard InChI is InChI=1S/C6H13N3O3/c1-9(2)6(11)8-3-4-12-5(7)10/h3-4H2,1-2H3,(H2,7,10)(H,8,11). The van der Waals surface area contributed by atoms with Gasteiger partial charge in [0, 0.05) is 14.1 Å². The number of urea groups is 1. The summed E-state index contributed by atoms with van der Waals surface area (Å²) in [6.07, 6.45) is -0.839. The molecule has 0 aliphatic carbocycles. The molecule has 0 heterocycles. The minimum atomic E-state index is -0.839. The third-order valence-electron chi connectivity index (χ3n) is 1.03. The van der Waals surface area contributed by atoms with Gasteiger partial charge in [0.05, 0.1) is 6.54 Å². The van der Waals surface area contributed by atoms with Crippen LogP contribution in [0.5, 0.6) is 0 Å². The average molecular weight is 175 g/mol. The molecular weight excluding hydrogens is 162 g/mol. The van der Waals surface area contributed by atoms with Crippen LogP contribution in [0.25, 0.3) is 0 Å². The number of primary amides is 1. The Morgan fingerprint density at radius 3 is 2.50 bits per heavy atom. The molecule has 0 aromatic rings. The lowest BCUT2D eigenvalue weighted by molar-refractivity contribution is 0.156. The molecule has 70 valence electrons. The van der Waals surface area contributed by atoms with Crippen molar-refractivity contribution in [2.24, 2.45) is 5.73 Å². The van der Waals surface area contributed by atoms with Gasteiger partial charge in [0.1, 0.15) is 6.61 Å². The van der Waals surface area contributed by atoms with Crippen molar-refractivity contribution in [3.8, 4) is 0 Å². The van der Waals surface area contributed by atoms with Gasteiger partial charge in [-0.2, -0.15) is 0 Å². The Bertz CT molecular complexity index is 169. The molecule has 0 rings (SSSR count). The second-order valence-electron chi connectivity index (χ2n) is 2.29. The summed E-state index contributed by atoms with van der Waals surface area (Å²) < 4.78 is 4.38. The van der Waals surface area contributed by atoms with Gasteiger partial charge in [-0.05, 0) is 0 Å². The number of amides is 3. The molecule has 12 heavy (non-hydrogen) atoms. The van der Waals surface area contributed by atoms with Crippen molar-refractivity contribution < 1.29 is 14.3 Å². The highest BCUT2D eigenvalue weighted by Gasteiger charge is 2.01. The molecule has 6 heteroatoms. The molecular formula is C6H13N3O3. The maximum absolute atomic E-state index is 10.8. The molecule has 0 bridgehead atoms. The summed E-state index contributed by atoms with van der Waals surface area (Å²) in [5.41, 5.74) is 4.68. The van der Waals surface area contributed by atoms with Crippen molar-refractivity contribution in [3.05, 3.63) is 0 Å². The van der Waals surface area contributed by atoms with E-state index in [9.17, 15) is 9.59 Å². The van der Waals surface area contributed by atoms with Crippen molar-refractivity contribution in [2.45, 2.75) is 0 Å². The third-order valence-corrected chi connectivity index (χ3v) is 1.03. The van der Waals surface area contributed by atoms with Crippen LogP contribution in [0, 0.1) is 0 Å². The Balaban J connectivity index is 3.32. The van der Waals surface area contributed by atoms with Gasteiger partial charge >= 0.3 is 12.1 Å². The van der Waals surface area contributed by atoms with Crippen molar-refractivity contribution in [2.75, 3.05) is 27.2 Å². The maximum Gasteiger partial charge on any atom is 0.404 e. The van der Waals surface area contributed by atoms with Crippen molar-refractivity contribution in [3.63, 3.8) is 0 Å². The largest absolute Gasteiger partial charge is 0.448 e. The SMILES string of the molecule is CN(C)C(=O)NCCOC(N)=O. The van der Waals surface area contributed by atoms with Gasteiger partial charge in [-0.3, -0.25) is 0 Å². The Labute approximate surface area is 70.7 Å². The summed E-state index contributed by atoms with van der Waals surface area (Å²) in [7, 11) is 3.23. The molecule has 0 atom stereocenters. The fraction of sp³-hybridized carbons (Fsp3) is 0.667. The predicted molar refractivity (Wildman–Crippen MR) is 42.6 cm³/mol. The molecule has 0 saturated heterocycles. The highest BCUT2D eigenvalue weighted by molar-refractivity contribution is 5.73. The van der Waals surface area contributed by atoms with Gasteiger partial charge in [-0.1, -0.05) is 0 Å². The minimum absolute atomic E-state index is 0.0922. The molecule has 0 aromatic heterocycles. The van der Waals surface area contributed by atoms with Crippen LogP contribution in [-0.4, -0.2) is 44.3 Å². The first kappa shape index (κ1) is 10.5. The lowest BCUT2D eigenvalue weighted by Crippen LogP contribution is -2.36. The monoisotopic (exact) mass is 175 g/mol. The van der Waals surface area contributed by atoms with Crippen molar-refractivity contribution in [1.82, 2.24) is 10.2 Å². The van der Waals surface area contributed by atoms with E-state index in [0.717, 1.165) is 0 Å². The number of hydrogen-bond donors (Lipinski definition) is 2. The molecule has 0 unspecified atom stereocenters. The summed E-state index contributed by atoms with van der Waals surface area (Å²) in [6, 6.07) is -0.233. The number of carbonyl (C=O) groups excluding carboxylic acids is 2. The third kappa shape index (κ3) is 5.33. The predicted octanol–water partition coefficient (Wildman–Crippen LogP) is -0.647. The number of nitrogens with zero attached hydrogens (tertiary/aromatic N) is 1. The van der Waals surface area contributed by atoms with Crippen LogP contribution < -0.4 is 11.1 Å². The topological polar surface area (TPSA) is 84.7 Å². The fourth-order valence-electron chi connectivity index (χ4n) is 0.468. The van der Waals surface area contributed by atoms with Crippen LogP contribution in [0.2, 0.25) is 0 Å². The van der Waals surface area contributed by atoms with Crippen molar-refractivity contribution >= 4 is 12.1 Å². The van der Waals surface area contributed by atoms with E-state index < -0.39 is 6.09 Å². The summed E-state index contributed by atoms with van der Waals surface area (Å²) in [4.78, 5) is 22.3. The van der Waals surface area contributed by atoms with Gasteiger partial charge in [0.15, 0.2) is 0 Å². The summed E-state index contributed by atoms with van der Waals surface area (Å²) in [6.45, 7) is 0.356. The van der Waals surface area contributed by atoms with Crippen LogP contribution in [-0.2, 0) is 4.74 Å². The summed E-state index contributed by atoms with van der Waals surface area (Å²) in [5.74, 6) is 0. The van der Waals surface area contributed by atoms with E-state index in [-0.39, 0.29) is 19.2 Å². The summed E-state index contributed by atoms with van der Waals surface area (Å²) in [5, 5.41) is 2.49. The number of carbonyl (C=O) groups is 2. The summed E-state index contributed by atoms with van der Waals surface area (Å²) >= 11 is 0. The molecule has 3 amide bonds. The van der Waals surface area contributed by atoms with E-state index in [0.29, 0.717) is 0 Å². The zero-order valence-electron chi connectivity index (χ0n) is 7.16. The lowest BCUT2D eigenvalue weighted by atomic mass is 10.6. The molecule has 3 N–H and O–H groups in total. The number of ether oxygens (including phenoxy) is 1. The van der Waals surface area contributed by atoms with Gasteiger partial charge in [-0.25, -0.2) is 9.59 Å². The quantitative estimate of drug-likeness (QED) is 0.559. The molecule has 0 aliphatic heterocycles. The first-order valence-corrected chi connectivity index (χ1v) is 3.41. The second kappa shape index (κ2) is 5.22. The van der Waals surface area contributed by atoms with Gasteiger partial charge < -0.3 is 20.7 Å². The van der Waals surface area contributed by atoms with Crippen LogP contribution >= 0.6 is 0 Å². The van der Waals surface area contributed by atoms with Gasteiger partial charge in [0.25, 0.3) is 0 Å². The first-order chi connectivity index (χ1) is 5.54. The minimum Gasteiger partial charge on any atom is -0.448 e. The normalized spacial score (nSPS) is 8.83. The number of nitrogens with two attached hydrogens (primary N) is 1. The number of hydrogen-bond acceptors (Lipinski definition) is 3. The van der Waals surface area contributed by atoms with E-state index in [1.54, 1.807) is 14.1 Å². The van der Waals surface area contributed by atoms with Crippen LogP contribution in [0.4, 0.5) is 9.59 Å². The molecule has 0 saturated carbocycles. The molecule has 0 aromatic carbocycles. The Hall–Kier alpha value is -1.46. The zero-order chi connectivity index (χ0) is 9.56. The van der Waals surface area contributed by atoms with E-state index in [2.05, 4.69) is 15.8 Å². The molecule has 6 nitrogen and oxygen atoms in total. The van der Waals surface area contributed by atoms with Crippen molar-refractivity contribution in [1.29, 1.82) is 0 Å². The first-order valence-electron chi connectivity index (χ1n) is 3.41. The average Bonchev–Trinajstić information content (AvgIpc) is 1.97. The van der Waals surface area contributed by atoms with Gasteiger partial charge in [0.2, 0.25) is 0 Å². The molecule has 0 fully saturated rings. The van der Waals surface area contributed by atoms with Crippen LogP contribution in [0.3, 0.4) is 0 Å². The Morgan fingerprint density at radius 2 is 2.08 bits per heavy atom. The zero-order valence-corrected chi connectivity index (χ0v) is 7.16. The smallest absolute Gasteiger partial charge is 0.404 e. The molecule has 0 radical (unpaired) electrons. The van der Waals surface area contributed by atoms with E-state index >= 15 is 0 Å². The second-order valence-corrected chi connectivity index (χ2v) is 2.29. The fourth-order valence-corrected chi connectivity index (χ4v) is 0.468. The van der Waals surface area contributed by atoms with E-state index in [4.69, 9.17) is 0 Å². The highest BCUT2D eigenvalue weighted by atomic mass is 16.5. The lowest BCUT2D eigenvalue weighted by Gasteiger charge is -2.11. The van der Waals surface area contributed by atoms with Crippen LogP contribution in [0.15, 0.2) is 0 Å². The Morgan fingerprint density at radius 1 is 1.50 bits per heavy atom. The maximum atomic E-state index is 10.8. The molecule has 0 aliphatic rings. The van der Waals surface area contributed by atoms with Gasteiger partial charge in [-0.15, -0.1) is 0 Å². The number of nitrogens with one attached hydrogen (secondary N) is 1. The Kier molecular flexibility index (Phi) is 4.59. The number of rotatable bonds is 3.